The fourth-order valence-electron chi connectivity index (χ4n) is 4.01. The van der Waals surface area contributed by atoms with Gasteiger partial charge in [-0.3, -0.25) is 14.2 Å². The highest BCUT2D eigenvalue weighted by Gasteiger charge is 2.40. The number of aromatic nitrogens is 1. The van der Waals surface area contributed by atoms with Crippen LogP contribution in [0.1, 0.15) is 17.5 Å². The van der Waals surface area contributed by atoms with E-state index in [1.807, 2.05) is 37.3 Å². The molecule has 3 amide bonds. The molecule has 176 valence electrons. The number of rotatable bonds is 5. The van der Waals surface area contributed by atoms with Crippen molar-refractivity contribution in [2.24, 2.45) is 0 Å². The number of benzene rings is 2. The molecule has 1 aliphatic rings. The molecule has 0 aliphatic carbocycles. The molecule has 2 N–H and O–H groups in total. The Bertz CT molecular complexity index is 1230. The van der Waals surface area contributed by atoms with Gasteiger partial charge >= 0.3 is 6.03 Å². The van der Waals surface area contributed by atoms with Crippen molar-refractivity contribution in [1.82, 2.24) is 9.47 Å². The van der Waals surface area contributed by atoms with Crippen molar-refractivity contribution in [3.05, 3.63) is 88.3 Å². The van der Waals surface area contributed by atoms with Crippen molar-refractivity contribution in [2.45, 2.75) is 32.4 Å². The second-order valence-corrected chi connectivity index (χ2v) is 8.46. The molecule has 1 aromatic heterocycles. The Labute approximate surface area is 198 Å². The number of carbonyl (C=O) groups is 2. The summed E-state index contributed by atoms with van der Waals surface area (Å²) in [6.07, 6.45) is 1.88. The number of hydrogen-bond acceptors (Lipinski definition) is 4. The standard InChI is InChI=1S/C26H28N4O4/c1-17-6-8-20(9-7-17)28-26(33)30-16-22(34-3)15-23(30)24(31)27-19-10-12-21(13-11-19)29-14-4-5-18(2)25(29)32/h4-14,22-23H,15-16H2,1-3H3,(H,27,31)(H,28,33)/t22-,23-/m1/s1. The number of ether oxygens (including phenoxy) is 1. The molecule has 0 bridgehead atoms. The van der Waals surface area contributed by atoms with Crippen LogP contribution < -0.4 is 16.2 Å². The Morgan fingerprint density at radius 2 is 1.59 bits per heavy atom. The Morgan fingerprint density at radius 3 is 2.26 bits per heavy atom. The van der Waals surface area contributed by atoms with Gasteiger partial charge in [0.25, 0.3) is 5.56 Å². The zero-order valence-electron chi connectivity index (χ0n) is 19.4. The third-order valence-corrected chi connectivity index (χ3v) is 6.01. The van der Waals surface area contributed by atoms with Crippen LogP contribution in [0.4, 0.5) is 16.2 Å². The third-order valence-electron chi connectivity index (χ3n) is 6.01. The minimum absolute atomic E-state index is 0.0916. The molecule has 8 nitrogen and oxygen atoms in total. The number of urea groups is 1. The van der Waals surface area contributed by atoms with E-state index in [0.29, 0.717) is 35.6 Å². The first-order valence-electron chi connectivity index (χ1n) is 11.1. The van der Waals surface area contributed by atoms with Gasteiger partial charge in [0.15, 0.2) is 0 Å². The highest BCUT2D eigenvalue weighted by molar-refractivity contribution is 5.99. The molecule has 34 heavy (non-hydrogen) atoms. The minimum atomic E-state index is -0.672. The average molecular weight is 461 g/mol. The highest BCUT2D eigenvalue weighted by atomic mass is 16.5. The second kappa shape index (κ2) is 9.93. The monoisotopic (exact) mass is 460 g/mol. The van der Waals surface area contributed by atoms with Crippen molar-refractivity contribution < 1.29 is 14.3 Å². The van der Waals surface area contributed by atoms with Gasteiger partial charge in [-0.1, -0.05) is 23.8 Å². The van der Waals surface area contributed by atoms with E-state index in [-0.39, 0.29) is 23.6 Å². The number of nitrogens with zero attached hydrogens (tertiary/aromatic N) is 2. The van der Waals surface area contributed by atoms with Crippen molar-refractivity contribution in [3.8, 4) is 5.69 Å². The first-order valence-corrected chi connectivity index (χ1v) is 11.1. The molecule has 2 heterocycles. The average Bonchev–Trinajstić information content (AvgIpc) is 3.28. The molecule has 1 aliphatic heterocycles. The minimum Gasteiger partial charge on any atom is -0.380 e. The summed E-state index contributed by atoms with van der Waals surface area (Å²) in [7, 11) is 1.58. The summed E-state index contributed by atoms with van der Waals surface area (Å²) < 4.78 is 6.99. The summed E-state index contributed by atoms with van der Waals surface area (Å²) in [5, 5.41) is 5.74. The molecule has 0 saturated carbocycles. The summed E-state index contributed by atoms with van der Waals surface area (Å²) in [6.45, 7) is 4.06. The molecule has 1 saturated heterocycles. The van der Waals surface area contributed by atoms with Crippen molar-refractivity contribution in [2.75, 3.05) is 24.3 Å². The number of nitrogens with one attached hydrogen (secondary N) is 2. The maximum Gasteiger partial charge on any atom is 0.322 e. The summed E-state index contributed by atoms with van der Waals surface area (Å²) in [6, 6.07) is 17.1. The fourth-order valence-corrected chi connectivity index (χ4v) is 4.01. The lowest BCUT2D eigenvalue weighted by atomic mass is 10.1. The molecule has 2 aromatic carbocycles. The largest absolute Gasteiger partial charge is 0.380 e. The SMILES string of the molecule is CO[C@@H]1C[C@H](C(=O)Nc2ccc(-n3cccc(C)c3=O)cc2)N(C(=O)Nc2ccc(C)cc2)C1. The van der Waals surface area contributed by atoms with E-state index in [0.717, 1.165) is 5.56 Å². The van der Waals surface area contributed by atoms with E-state index < -0.39 is 6.04 Å². The smallest absolute Gasteiger partial charge is 0.322 e. The van der Waals surface area contributed by atoms with E-state index in [1.165, 1.54) is 4.90 Å². The van der Waals surface area contributed by atoms with Gasteiger partial charge in [0.05, 0.1) is 6.10 Å². The lowest BCUT2D eigenvalue weighted by Gasteiger charge is -2.24. The maximum atomic E-state index is 13.1. The lowest BCUT2D eigenvalue weighted by Crippen LogP contribution is -2.45. The number of anilines is 2. The summed E-state index contributed by atoms with van der Waals surface area (Å²) in [4.78, 5) is 39.9. The van der Waals surface area contributed by atoms with Gasteiger partial charge in [-0.15, -0.1) is 0 Å². The topological polar surface area (TPSA) is 92.7 Å². The van der Waals surface area contributed by atoms with Crippen LogP contribution in [0.25, 0.3) is 5.69 Å². The molecule has 4 rings (SSSR count). The number of carbonyl (C=O) groups excluding carboxylic acids is 2. The Balaban J connectivity index is 1.46. The van der Waals surface area contributed by atoms with Gasteiger partial charge in [-0.2, -0.15) is 0 Å². The zero-order valence-corrected chi connectivity index (χ0v) is 19.4. The molecule has 1 fully saturated rings. The van der Waals surface area contributed by atoms with Gasteiger partial charge < -0.3 is 20.3 Å². The second-order valence-electron chi connectivity index (χ2n) is 8.46. The number of pyridine rings is 1. The highest BCUT2D eigenvalue weighted by Crippen LogP contribution is 2.23. The normalized spacial score (nSPS) is 17.4. The van der Waals surface area contributed by atoms with E-state index in [9.17, 15) is 14.4 Å². The zero-order chi connectivity index (χ0) is 24.2. The van der Waals surface area contributed by atoms with E-state index >= 15 is 0 Å². The molecular formula is C26H28N4O4. The molecule has 2 atom stereocenters. The predicted octanol–water partition coefficient (Wildman–Crippen LogP) is 3.71. The first-order chi connectivity index (χ1) is 16.4. The van der Waals surface area contributed by atoms with Crippen LogP contribution in [-0.2, 0) is 9.53 Å². The Morgan fingerprint density at radius 1 is 0.941 bits per heavy atom. The number of methoxy groups -OCH3 is 1. The molecule has 3 aromatic rings. The van der Waals surface area contributed by atoms with Crippen LogP contribution >= 0.6 is 0 Å². The van der Waals surface area contributed by atoms with Gasteiger partial charge in [-0.25, -0.2) is 4.79 Å². The van der Waals surface area contributed by atoms with Gasteiger partial charge in [0.1, 0.15) is 6.04 Å². The maximum absolute atomic E-state index is 13.1. The summed E-state index contributed by atoms with van der Waals surface area (Å²) in [5.74, 6) is -0.293. The fraction of sp³-hybridized carbons (Fsp3) is 0.269. The molecule has 8 heteroatoms. The lowest BCUT2D eigenvalue weighted by molar-refractivity contribution is -0.119. The van der Waals surface area contributed by atoms with Crippen molar-refractivity contribution in [1.29, 1.82) is 0 Å². The van der Waals surface area contributed by atoms with Crippen LogP contribution in [0.3, 0.4) is 0 Å². The third kappa shape index (κ3) is 5.02. The van der Waals surface area contributed by atoms with Crippen molar-refractivity contribution >= 4 is 23.3 Å². The van der Waals surface area contributed by atoms with Crippen LogP contribution in [-0.4, -0.2) is 47.2 Å². The van der Waals surface area contributed by atoms with E-state index in [4.69, 9.17) is 4.74 Å². The van der Waals surface area contributed by atoms with E-state index in [1.54, 1.807) is 55.1 Å². The Kier molecular flexibility index (Phi) is 6.79. The molecule has 0 spiro atoms. The summed E-state index contributed by atoms with van der Waals surface area (Å²) in [5.41, 5.74) is 3.59. The quantitative estimate of drug-likeness (QED) is 0.607. The molecule has 0 radical (unpaired) electrons. The van der Waals surface area contributed by atoms with Crippen molar-refractivity contribution in [3.63, 3.8) is 0 Å². The number of amides is 3. The van der Waals surface area contributed by atoms with Crippen LogP contribution in [0.15, 0.2) is 71.7 Å². The van der Waals surface area contributed by atoms with Gasteiger partial charge in [0.2, 0.25) is 5.91 Å². The van der Waals surface area contributed by atoms with Crippen LogP contribution in [0.5, 0.6) is 0 Å². The van der Waals surface area contributed by atoms with E-state index in [2.05, 4.69) is 10.6 Å². The van der Waals surface area contributed by atoms with Crippen LogP contribution in [0.2, 0.25) is 0 Å². The first kappa shape index (κ1) is 23.3. The summed E-state index contributed by atoms with van der Waals surface area (Å²) >= 11 is 0. The molecular weight excluding hydrogens is 432 g/mol. The van der Waals surface area contributed by atoms with Gasteiger partial charge in [-0.05, 0) is 56.3 Å². The van der Waals surface area contributed by atoms with Crippen LogP contribution in [0, 0.1) is 13.8 Å². The number of hydrogen-bond donors (Lipinski definition) is 2. The number of aryl methyl sites for hydroxylation is 2. The Hall–Kier alpha value is -3.91. The van der Waals surface area contributed by atoms with Gasteiger partial charge in [0, 0.05) is 48.9 Å². The number of likely N-dealkylation sites (tertiary alicyclic amines) is 1. The molecule has 0 unspecified atom stereocenters. The predicted molar refractivity (Wildman–Crippen MR) is 132 cm³/mol.